The van der Waals surface area contributed by atoms with E-state index < -0.39 is 0 Å². The number of rotatable bonds is 9. The zero-order valence-corrected chi connectivity index (χ0v) is 34.4. The van der Waals surface area contributed by atoms with E-state index in [0.717, 1.165) is 23.6 Å². The molecule has 0 fully saturated rings. The van der Waals surface area contributed by atoms with Crippen molar-refractivity contribution >= 4 is 38.6 Å². The fourth-order valence-electron chi connectivity index (χ4n) is 9.65. The van der Waals surface area contributed by atoms with Crippen molar-refractivity contribution in [1.82, 2.24) is 4.90 Å². The summed E-state index contributed by atoms with van der Waals surface area (Å²) in [6.07, 6.45) is 0. The molecule has 0 unspecified atom stereocenters. The largest absolute Gasteiger partial charge is 0.311 e. The van der Waals surface area contributed by atoms with Gasteiger partial charge in [-0.1, -0.05) is 182 Å². The van der Waals surface area contributed by atoms with Gasteiger partial charge in [0.1, 0.15) is 0 Å². The molecular weight excluding hydrogens is 737 g/mol. The molecule has 1 aliphatic carbocycles. The molecule has 290 valence electrons. The lowest BCUT2D eigenvalue weighted by Gasteiger charge is -2.26. The second-order valence-electron chi connectivity index (χ2n) is 16.4. The first-order chi connectivity index (χ1) is 30.1. The zero-order valence-electron chi connectivity index (χ0n) is 34.4. The van der Waals surface area contributed by atoms with Crippen LogP contribution in [0.4, 0.5) is 17.1 Å². The van der Waals surface area contributed by atoms with E-state index >= 15 is 0 Å². The molecule has 10 aromatic carbocycles. The van der Waals surface area contributed by atoms with E-state index in [0.29, 0.717) is 0 Å². The Balaban J connectivity index is 1.02. The third kappa shape index (κ3) is 6.41. The summed E-state index contributed by atoms with van der Waals surface area (Å²) in [7, 11) is 4.21. The van der Waals surface area contributed by atoms with Gasteiger partial charge in [-0.05, 0) is 144 Å². The fraction of sp³-hybridized carbons (Fsp3) is 0.0508. The summed E-state index contributed by atoms with van der Waals surface area (Å²) < 4.78 is 0. The summed E-state index contributed by atoms with van der Waals surface area (Å²) in [5.41, 5.74) is 19.8. The molecule has 0 aromatic heterocycles. The molecule has 0 spiro atoms. The highest BCUT2D eigenvalue weighted by Crippen LogP contribution is 2.58. The molecule has 0 heterocycles. The molecule has 2 heteroatoms. The van der Waals surface area contributed by atoms with Gasteiger partial charge in [0, 0.05) is 23.6 Å². The summed E-state index contributed by atoms with van der Waals surface area (Å²) in [5.74, 6) is 0. The van der Waals surface area contributed by atoms with E-state index in [2.05, 4.69) is 242 Å². The smallest absolute Gasteiger partial charge is 0.0462 e. The van der Waals surface area contributed by atoms with Crippen LogP contribution >= 0.6 is 0 Å². The molecule has 2 nitrogen and oxygen atoms in total. The third-order valence-corrected chi connectivity index (χ3v) is 12.3. The minimum atomic E-state index is 0.934. The lowest BCUT2D eigenvalue weighted by atomic mass is 9.82. The molecule has 0 radical (unpaired) electrons. The van der Waals surface area contributed by atoms with Crippen LogP contribution in [0.3, 0.4) is 0 Å². The van der Waals surface area contributed by atoms with Gasteiger partial charge in [-0.2, -0.15) is 0 Å². The summed E-state index contributed by atoms with van der Waals surface area (Å²) in [5, 5.41) is 5.14. The van der Waals surface area contributed by atoms with Gasteiger partial charge in [0.15, 0.2) is 0 Å². The first-order valence-corrected chi connectivity index (χ1v) is 21.2. The standard InChI is InChI=1S/C59H44N2/c1-60(2)39-40-25-27-41(28-26-40)42-29-33-47(34-30-42)61(46-19-10-5-11-20-46)48-35-31-43(32-36-48)49-37-38-54-57-50(49)23-14-24-53(57)58-55(44-15-6-3-7-16-44)51-21-12-13-22-52(51)56(59(54)58)45-17-8-4-9-18-45/h3-38H,39H2,1-2H3. The van der Waals surface area contributed by atoms with Crippen LogP contribution in [0.25, 0.3) is 88.3 Å². The molecule has 0 amide bonds. The lowest BCUT2D eigenvalue weighted by molar-refractivity contribution is 0.402. The van der Waals surface area contributed by atoms with E-state index in [9.17, 15) is 0 Å². The fourth-order valence-corrected chi connectivity index (χ4v) is 9.65. The molecular formula is C59H44N2. The molecule has 0 N–H and O–H groups in total. The Kier molecular flexibility index (Phi) is 9.14. The van der Waals surface area contributed by atoms with Crippen LogP contribution in [0.2, 0.25) is 0 Å². The number of para-hydroxylation sites is 1. The average Bonchev–Trinajstić information content (AvgIpc) is 3.64. The van der Waals surface area contributed by atoms with Gasteiger partial charge >= 0.3 is 0 Å². The Morgan fingerprint density at radius 3 is 1.26 bits per heavy atom. The Morgan fingerprint density at radius 2 is 0.721 bits per heavy atom. The van der Waals surface area contributed by atoms with E-state index in [-0.39, 0.29) is 0 Å². The van der Waals surface area contributed by atoms with Crippen molar-refractivity contribution in [3.63, 3.8) is 0 Å². The number of benzene rings is 10. The maximum atomic E-state index is 2.38. The van der Waals surface area contributed by atoms with Gasteiger partial charge in [0.2, 0.25) is 0 Å². The van der Waals surface area contributed by atoms with Gasteiger partial charge < -0.3 is 9.80 Å². The first-order valence-electron chi connectivity index (χ1n) is 21.2. The number of hydrogen-bond acceptors (Lipinski definition) is 2. The van der Waals surface area contributed by atoms with Gasteiger partial charge in [-0.25, -0.2) is 0 Å². The molecule has 61 heavy (non-hydrogen) atoms. The van der Waals surface area contributed by atoms with Gasteiger partial charge in [0.05, 0.1) is 0 Å². The molecule has 0 bridgehead atoms. The molecule has 0 aliphatic heterocycles. The summed E-state index contributed by atoms with van der Waals surface area (Å²) in [6.45, 7) is 0.934. The number of nitrogens with zero attached hydrogens (tertiary/aromatic N) is 2. The van der Waals surface area contributed by atoms with Crippen LogP contribution in [-0.4, -0.2) is 19.0 Å². The molecule has 0 saturated carbocycles. The predicted molar refractivity (Wildman–Crippen MR) is 260 cm³/mol. The predicted octanol–water partition coefficient (Wildman–Crippen LogP) is 15.8. The normalized spacial score (nSPS) is 11.7. The Hall–Kier alpha value is -7.52. The maximum Gasteiger partial charge on any atom is 0.0462 e. The van der Waals surface area contributed by atoms with Crippen LogP contribution < -0.4 is 4.90 Å². The highest BCUT2D eigenvalue weighted by atomic mass is 15.1. The summed E-state index contributed by atoms with van der Waals surface area (Å²) in [6, 6.07) is 80.2. The van der Waals surface area contributed by atoms with Gasteiger partial charge in [-0.3, -0.25) is 0 Å². The SMILES string of the molecule is CN(C)Cc1ccc(-c2ccc(N(c3ccccc3)c3ccc(-c4ccc5c6c(cccc46)-c4c-5c(-c5ccccc5)c5ccccc5c4-c4ccccc4)cc3)cc2)cc1. The molecule has 0 saturated heterocycles. The number of anilines is 3. The monoisotopic (exact) mass is 780 g/mol. The highest BCUT2D eigenvalue weighted by molar-refractivity contribution is 6.28. The van der Waals surface area contributed by atoms with Crippen molar-refractivity contribution < 1.29 is 0 Å². The van der Waals surface area contributed by atoms with E-state index in [1.165, 1.54) is 93.9 Å². The Bertz CT molecular complexity index is 3100. The van der Waals surface area contributed by atoms with Crippen molar-refractivity contribution in [3.05, 3.63) is 224 Å². The van der Waals surface area contributed by atoms with Crippen LogP contribution in [0.5, 0.6) is 0 Å². The minimum Gasteiger partial charge on any atom is -0.311 e. The van der Waals surface area contributed by atoms with Crippen LogP contribution in [0.15, 0.2) is 218 Å². The van der Waals surface area contributed by atoms with E-state index in [1.807, 2.05) is 0 Å². The highest BCUT2D eigenvalue weighted by Gasteiger charge is 2.31. The van der Waals surface area contributed by atoms with Crippen LogP contribution in [0, 0.1) is 0 Å². The average molecular weight is 781 g/mol. The number of fused-ring (bicyclic) bond motifs is 4. The Morgan fingerprint density at radius 1 is 0.295 bits per heavy atom. The number of hydrogen-bond donors (Lipinski definition) is 0. The zero-order chi connectivity index (χ0) is 40.9. The molecule has 10 aromatic rings. The van der Waals surface area contributed by atoms with Gasteiger partial charge in [0.25, 0.3) is 0 Å². The van der Waals surface area contributed by atoms with Gasteiger partial charge in [-0.15, -0.1) is 0 Å². The summed E-state index contributed by atoms with van der Waals surface area (Å²) >= 11 is 0. The first kappa shape index (κ1) is 36.6. The molecule has 0 atom stereocenters. The van der Waals surface area contributed by atoms with Crippen molar-refractivity contribution in [2.24, 2.45) is 0 Å². The van der Waals surface area contributed by atoms with Crippen LogP contribution in [0.1, 0.15) is 5.56 Å². The maximum absolute atomic E-state index is 2.38. The van der Waals surface area contributed by atoms with Crippen molar-refractivity contribution in [2.75, 3.05) is 19.0 Å². The quantitative estimate of drug-likeness (QED) is 0.144. The second kappa shape index (κ2) is 15.3. The van der Waals surface area contributed by atoms with E-state index in [1.54, 1.807) is 0 Å². The Labute approximate surface area is 358 Å². The van der Waals surface area contributed by atoms with Crippen LogP contribution in [-0.2, 0) is 6.54 Å². The van der Waals surface area contributed by atoms with E-state index in [4.69, 9.17) is 0 Å². The van der Waals surface area contributed by atoms with Crippen molar-refractivity contribution in [3.8, 4) is 66.8 Å². The minimum absolute atomic E-state index is 0.934. The third-order valence-electron chi connectivity index (χ3n) is 12.3. The second-order valence-corrected chi connectivity index (χ2v) is 16.4. The van der Waals surface area contributed by atoms with Crippen molar-refractivity contribution in [2.45, 2.75) is 6.54 Å². The molecule has 1 aliphatic rings. The summed E-state index contributed by atoms with van der Waals surface area (Å²) in [4.78, 5) is 4.54. The molecule has 11 rings (SSSR count). The topological polar surface area (TPSA) is 6.48 Å². The lowest BCUT2D eigenvalue weighted by Crippen LogP contribution is -2.10. The van der Waals surface area contributed by atoms with Crippen molar-refractivity contribution in [1.29, 1.82) is 0 Å².